The van der Waals surface area contributed by atoms with Crippen LogP contribution < -0.4 is 4.74 Å². The minimum atomic E-state index is 0.150. The first-order valence-corrected chi connectivity index (χ1v) is 4.96. The van der Waals surface area contributed by atoms with Crippen LogP contribution in [0.4, 0.5) is 0 Å². The van der Waals surface area contributed by atoms with Gasteiger partial charge in [0.1, 0.15) is 5.75 Å². The quantitative estimate of drug-likeness (QED) is 0.622. The summed E-state index contributed by atoms with van der Waals surface area (Å²) in [6.45, 7) is 0.150. The summed E-state index contributed by atoms with van der Waals surface area (Å²) in [5.74, 6) is 0.511. The Bertz CT molecular complexity index is 304. The Kier molecular flexibility index (Phi) is 4.32. The number of halogens is 3. The minimum absolute atomic E-state index is 0.150. The third-order valence-corrected chi connectivity index (χ3v) is 2.80. The van der Waals surface area contributed by atoms with Gasteiger partial charge >= 0.3 is 0 Å². The summed E-state index contributed by atoms with van der Waals surface area (Å²) in [6, 6.07) is 3.31. The summed E-state index contributed by atoms with van der Waals surface area (Å²) >= 11 is 15.0. The van der Waals surface area contributed by atoms with Gasteiger partial charge in [-0.05, 0) is 22.0 Å². The van der Waals surface area contributed by atoms with Gasteiger partial charge in [-0.1, -0.05) is 23.2 Å². The molecule has 0 saturated carbocycles. The SMILES string of the molecule is COCOc1cc(Cl)c(Br)cc1Cl. The number of methoxy groups -OCH3 is 1. The molecule has 0 fully saturated rings. The molecule has 0 spiro atoms. The van der Waals surface area contributed by atoms with Crippen molar-refractivity contribution in [2.24, 2.45) is 0 Å². The van der Waals surface area contributed by atoms with E-state index in [4.69, 9.17) is 32.7 Å². The molecular formula is C8H7BrCl2O2. The molecule has 1 rings (SSSR count). The van der Waals surface area contributed by atoms with Gasteiger partial charge in [-0.2, -0.15) is 0 Å². The van der Waals surface area contributed by atoms with Crippen molar-refractivity contribution in [3.8, 4) is 5.75 Å². The number of hydrogen-bond acceptors (Lipinski definition) is 2. The number of rotatable bonds is 3. The molecule has 0 aromatic heterocycles. The summed E-state index contributed by atoms with van der Waals surface area (Å²) in [5.41, 5.74) is 0. The normalized spacial score (nSPS) is 10.2. The van der Waals surface area contributed by atoms with Gasteiger partial charge in [0.25, 0.3) is 0 Å². The third kappa shape index (κ3) is 3.02. The van der Waals surface area contributed by atoms with Crippen LogP contribution in [0.15, 0.2) is 16.6 Å². The zero-order valence-electron chi connectivity index (χ0n) is 6.81. The van der Waals surface area contributed by atoms with Gasteiger partial charge in [0, 0.05) is 17.6 Å². The van der Waals surface area contributed by atoms with Crippen LogP contribution >= 0.6 is 39.1 Å². The highest BCUT2D eigenvalue weighted by Crippen LogP contribution is 2.33. The van der Waals surface area contributed by atoms with E-state index in [-0.39, 0.29) is 6.79 Å². The molecule has 2 nitrogen and oxygen atoms in total. The van der Waals surface area contributed by atoms with Crippen molar-refractivity contribution in [3.63, 3.8) is 0 Å². The summed E-state index contributed by atoms with van der Waals surface area (Å²) in [7, 11) is 1.54. The van der Waals surface area contributed by atoms with E-state index < -0.39 is 0 Å². The molecule has 0 heterocycles. The van der Waals surface area contributed by atoms with Crippen LogP contribution in [0.3, 0.4) is 0 Å². The second-order valence-corrected chi connectivity index (χ2v) is 3.92. The Balaban J connectivity index is 2.88. The van der Waals surface area contributed by atoms with Gasteiger partial charge in [-0.25, -0.2) is 0 Å². The smallest absolute Gasteiger partial charge is 0.188 e. The maximum Gasteiger partial charge on any atom is 0.188 e. The molecule has 0 aliphatic heterocycles. The predicted octanol–water partition coefficient (Wildman–Crippen LogP) is 3.74. The van der Waals surface area contributed by atoms with Crippen LogP contribution in [0.2, 0.25) is 10.0 Å². The van der Waals surface area contributed by atoms with Gasteiger partial charge in [0.15, 0.2) is 6.79 Å². The van der Waals surface area contributed by atoms with E-state index in [1.165, 1.54) is 7.11 Å². The van der Waals surface area contributed by atoms with E-state index in [9.17, 15) is 0 Å². The molecule has 0 radical (unpaired) electrons. The first-order valence-electron chi connectivity index (χ1n) is 3.41. The van der Waals surface area contributed by atoms with E-state index in [1.54, 1.807) is 12.1 Å². The highest BCUT2D eigenvalue weighted by molar-refractivity contribution is 9.10. The van der Waals surface area contributed by atoms with Crippen LogP contribution in [0.1, 0.15) is 0 Å². The van der Waals surface area contributed by atoms with E-state index >= 15 is 0 Å². The molecule has 0 aliphatic carbocycles. The number of benzene rings is 1. The second kappa shape index (κ2) is 5.05. The van der Waals surface area contributed by atoms with Gasteiger partial charge in [-0.3, -0.25) is 0 Å². The Hall–Kier alpha value is 0.0400. The minimum Gasteiger partial charge on any atom is -0.466 e. The zero-order valence-corrected chi connectivity index (χ0v) is 9.91. The Morgan fingerprint density at radius 2 is 2.00 bits per heavy atom. The van der Waals surface area contributed by atoms with Gasteiger partial charge in [0.05, 0.1) is 10.0 Å². The Labute approximate surface area is 94.9 Å². The molecule has 1 aromatic carbocycles. The topological polar surface area (TPSA) is 18.5 Å². The molecule has 0 N–H and O–H groups in total. The molecular weight excluding hydrogens is 279 g/mol. The van der Waals surface area contributed by atoms with Crippen LogP contribution in [-0.4, -0.2) is 13.9 Å². The molecule has 0 amide bonds. The van der Waals surface area contributed by atoms with E-state index in [2.05, 4.69) is 15.9 Å². The fourth-order valence-corrected chi connectivity index (χ4v) is 1.58. The lowest BCUT2D eigenvalue weighted by molar-refractivity contribution is 0.0512. The molecule has 0 atom stereocenters. The molecule has 0 bridgehead atoms. The van der Waals surface area contributed by atoms with E-state index in [1.807, 2.05) is 0 Å². The first-order chi connectivity index (χ1) is 6.15. The average molecular weight is 286 g/mol. The van der Waals surface area contributed by atoms with Crippen molar-refractivity contribution in [2.45, 2.75) is 0 Å². The summed E-state index contributed by atoms with van der Waals surface area (Å²) in [5, 5.41) is 1.05. The summed E-state index contributed by atoms with van der Waals surface area (Å²) < 4.78 is 10.6. The van der Waals surface area contributed by atoms with Crippen molar-refractivity contribution in [2.75, 3.05) is 13.9 Å². The predicted molar refractivity (Wildman–Crippen MR) is 56.7 cm³/mol. The zero-order chi connectivity index (χ0) is 9.84. The fourth-order valence-electron chi connectivity index (χ4n) is 0.737. The molecule has 0 aliphatic rings. The first kappa shape index (κ1) is 11.1. The van der Waals surface area contributed by atoms with Gasteiger partial charge in [-0.15, -0.1) is 0 Å². The average Bonchev–Trinajstić information content (AvgIpc) is 2.09. The highest BCUT2D eigenvalue weighted by Gasteiger charge is 2.06. The summed E-state index contributed by atoms with van der Waals surface area (Å²) in [4.78, 5) is 0. The van der Waals surface area contributed by atoms with Crippen molar-refractivity contribution in [1.82, 2.24) is 0 Å². The third-order valence-electron chi connectivity index (χ3n) is 1.31. The van der Waals surface area contributed by atoms with Crippen LogP contribution in [0.5, 0.6) is 5.75 Å². The molecule has 72 valence electrons. The Morgan fingerprint density at radius 1 is 1.31 bits per heavy atom. The lowest BCUT2D eigenvalue weighted by Crippen LogP contribution is -1.99. The molecule has 13 heavy (non-hydrogen) atoms. The molecule has 0 unspecified atom stereocenters. The Morgan fingerprint density at radius 3 is 2.62 bits per heavy atom. The number of hydrogen-bond donors (Lipinski definition) is 0. The largest absolute Gasteiger partial charge is 0.466 e. The van der Waals surface area contributed by atoms with Crippen molar-refractivity contribution < 1.29 is 9.47 Å². The molecule has 0 saturated heterocycles. The van der Waals surface area contributed by atoms with Crippen molar-refractivity contribution >= 4 is 39.1 Å². The molecule has 1 aromatic rings. The van der Waals surface area contributed by atoms with E-state index in [0.717, 1.165) is 4.47 Å². The van der Waals surface area contributed by atoms with E-state index in [0.29, 0.717) is 15.8 Å². The van der Waals surface area contributed by atoms with Crippen LogP contribution in [0.25, 0.3) is 0 Å². The number of ether oxygens (including phenoxy) is 2. The van der Waals surface area contributed by atoms with Crippen molar-refractivity contribution in [1.29, 1.82) is 0 Å². The standard InChI is InChI=1S/C8H7BrCl2O2/c1-12-4-13-8-3-6(10)5(9)2-7(8)11/h2-3H,4H2,1H3. The van der Waals surface area contributed by atoms with Crippen LogP contribution in [-0.2, 0) is 4.74 Å². The maximum absolute atomic E-state index is 5.87. The second-order valence-electron chi connectivity index (χ2n) is 2.25. The monoisotopic (exact) mass is 284 g/mol. The highest BCUT2D eigenvalue weighted by atomic mass is 79.9. The van der Waals surface area contributed by atoms with Crippen LogP contribution in [0, 0.1) is 0 Å². The maximum atomic E-state index is 5.87. The summed E-state index contributed by atoms with van der Waals surface area (Å²) in [6.07, 6.45) is 0. The van der Waals surface area contributed by atoms with Gasteiger partial charge < -0.3 is 9.47 Å². The molecule has 5 heteroatoms. The lowest BCUT2D eigenvalue weighted by Gasteiger charge is -2.07. The van der Waals surface area contributed by atoms with Gasteiger partial charge in [0.2, 0.25) is 0 Å². The lowest BCUT2D eigenvalue weighted by atomic mass is 10.3. The van der Waals surface area contributed by atoms with Crippen molar-refractivity contribution in [3.05, 3.63) is 26.7 Å². The fraction of sp³-hybridized carbons (Fsp3) is 0.250.